The number of thioether (sulfide) groups is 1. The van der Waals surface area contributed by atoms with Gasteiger partial charge < -0.3 is 10.2 Å². The Hall–Kier alpha value is -0.220. The lowest BCUT2D eigenvalue weighted by molar-refractivity contribution is 0.370. The zero-order chi connectivity index (χ0) is 11.4. The third kappa shape index (κ3) is 4.43. The van der Waals surface area contributed by atoms with Gasteiger partial charge in [-0.1, -0.05) is 18.7 Å². The number of hydrogen-bond donors (Lipinski definition) is 1. The van der Waals surface area contributed by atoms with E-state index in [4.69, 9.17) is 0 Å². The zero-order valence-electron chi connectivity index (χ0n) is 10.4. The van der Waals surface area contributed by atoms with E-state index in [0.29, 0.717) is 18.0 Å². The van der Waals surface area contributed by atoms with Gasteiger partial charge in [-0.3, -0.25) is 4.99 Å². The molecule has 3 unspecified atom stereocenters. The van der Waals surface area contributed by atoms with E-state index in [9.17, 15) is 0 Å². The van der Waals surface area contributed by atoms with Gasteiger partial charge in [0.25, 0.3) is 0 Å². The van der Waals surface area contributed by atoms with Crippen LogP contribution in [0.5, 0.6) is 0 Å². The highest BCUT2D eigenvalue weighted by atomic mass is 32.2. The van der Waals surface area contributed by atoms with Crippen LogP contribution in [0.2, 0.25) is 0 Å². The molecule has 4 heteroatoms. The van der Waals surface area contributed by atoms with E-state index >= 15 is 0 Å². The van der Waals surface area contributed by atoms with Gasteiger partial charge in [0, 0.05) is 18.3 Å². The van der Waals surface area contributed by atoms with Gasteiger partial charge in [0.1, 0.15) is 0 Å². The average Bonchev–Trinajstić information content (AvgIpc) is 2.10. The van der Waals surface area contributed by atoms with Crippen molar-refractivity contribution in [1.82, 2.24) is 10.2 Å². The molecule has 0 bridgehead atoms. The summed E-state index contributed by atoms with van der Waals surface area (Å²) >= 11 is 1.85. The molecule has 88 valence electrons. The van der Waals surface area contributed by atoms with E-state index in [-0.39, 0.29) is 0 Å². The van der Waals surface area contributed by atoms with Crippen molar-refractivity contribution >= 4 is 16.9 Å². The molecule has 0 aliphatic carbocycles. The van der Waals surface area contributed by atoms with Crippen molar-refractivity contribution in [3.63, 3.8) is 0 Å². The Morgan fingerprint density at radius 1 is 1.53 bits per heavy atom. The van der Waals surface area contributed by atoms with Crippen LogP contribution < -0.4 is 5.32 Å². The predicted molar refractivity (Wildman–Crippen MR) is 69.7 cm³/mol. The fourth-order valence-corrected chi connectivity index (χ4v) is 2.81. The van der Waals surface area contributed by atoms with Crippen molar-refractivity contribution in [2.45, 2.75) is 32.9 Å². The molecule has 0 radical (unpaired) electrons. The minimum absolute atomic E-state index is 0.459. The summed E-state index contributed by atoms with van der Waals surface area (Å²) in [6.45, 7) is 7.71. The molecule has 0 aromatic rings. The number of hydrogen-bond acceptors (Lipinski definition) is 4. The summed E-state index contributed by atoms with van der Waals surface area (Å²) in [5, 5.41) is 4.59. The highest BCUT2D eigenvalue weighted by Crippen LogP contribution is 2.21. The van der Waals surface area contributed by atoms with Gasteiger partial charge in [0.15, 0.2) is 5.17 Å². The first-order valence-electron chi connectivity index (χ1n) is 5.61. The summed E-state index contributed by atoms with van der Waals surface area (Å²) in [5.74, 6) is 1.88. The van der Waals surface area contributed by atoms with E-state index in [0.717, 1.165) is 11.7 Å². The largest absolute Gasteiger partial charge is 0.361 e. The van der Waals surface area contributed by atoms with Crippen LogP contribution in [0.25, 0.3) is 0 Å². The topological polar surface area (TPSA) is 27.6 Å². The Balaban J connectivity index is 2.41. The lowest BCUT2D eigenvalue weighted by Gasteiger charge is -2.26. The van der Waals surface area contributed by atoms with Crippen LogP contribution in [0, 0.1) is 5.92 Å². The van der Waals surface area contributed by atoms with Crippen LogP contribution in [0.1, 0.15) is 20.8 Å². The van der Waals surface area contributed by atoms with Crippen LogP contribution in [-0.2, 0) is 0 Å². The van der Waals surface area contributed by atoms with E-state index in [1.165, 1.54) is 5.75 Å². The molecule has 0 saturated carbocycles. The molecule has 1 heterocycles. The van der Waals surface area contributed by atoms with E-state index < -0.39 is 0 Å². The van der Waals surface area contributed by atoms with Crippen LogP contribution in [-0.4, -0.2) is 48.5 Å². The molecule has 0 spiro atoms. The molecule has 1 aliphatic heterocycles. The molecular weight excluding hydrogens is 206 g/mol. The van der Waals surface area contributed by atoms with Gasteiger partial charge in [0.05, 0.1) is 6.04 Å². The zero-order valence-corrected chi connectivity index (χ0v) is 11.3. The number of nitrogens with one attached hydrogen (secondary N) is 1. The average molecular weight is 229 g/mol. The summed E-state index contributed by atoms with van der Waals surface area (Å²) in [7, 11) is 4.19. The Labute approximate surface area is 97.7 Å². The summed E-state index contributed by atoms with van der Waals surface area (Å²) < 4.78 is 0. The van der Waals surface area contributed by atoms with E-state index in [1.807, 2.05) is 11.8 Å². The Morgan fingerprint density at radius 3 is 2.73 bits per heavy atom. The van der Waals surface area contributed by atoms with Crippen molar-refractivity contribution < 1.29 is 0 Å². The smallest absolute Gasteiger partial charge is 0.157 e. The third-order valence-electron chi connectivity index (χ3n) is 2.64. The number of amidine groups is 1. The second-order valence-electron chi connectivity index (χ2n) is 4.77. The quantitative estimate of drug-likeness (QED) is 0.797. The molecule has 0 saturated heterocycles. The molecule has 3 atom stereocenters. The Morgan fingerprint density at radius 2 is 2.20 bits per heavy atom. The molecule has 15 heavy (non-hydrogen) atoms. The van der Waals surface area contributed by atoms with Crippen molar-refractivity contribution in [3.05, 3.63) is 0 Å². The molecule has 0 aromatic heterocycles. The van der Waals surface area contributed by atoms with Gasteiger partial charge in [-0.05, 0) is 33.9 Å². The van der Waals surface area contributed by atoms with Gasteiger partial charge in [-0.15, -0.1) is 0 Å². The number of nitrogens with zero attached hydrogens (tertiary/aromatic N) is 2. The van der Waals surface area contributed by atoms with Crippen molar-refractivity contribution in [2.24, 2.45) is 10.9 Å². The summed E-state index contributed by atoms with van der Waals surface area (Å²) in [6, 6.07) is 0.923. The predicted octanol–water partition coefficient (Wildman–Crippen LogP) is 1.65. The van der Waals surface area contributed by atoms with Crippen LogP contribution >= 0.6 is 11.8 Å². The number of likely N-dealkylation sites (N-methyl/N-ethyl adjacent to an activating group) is 1. The van der Waals surface area contributed by atoms with Crippen LogP contribution in [0.3, 0.4) is 0 Å². The molecule has 3 nitrogen and oxygen atoms in total. The highest BCUT2D eigenvalue weighted by Gasteiger charge is 2.19. The lowest BCUT2D eigenvalue weighted by Crippen LogP contribution is -2.40. The van der Waals surface area contributed by atoms with Gasteiger partial charge in [-0.25, -0.2) is 0 Å². The fourth-order valence-electron chi connectivity index (χ4n) is 1.58. The lowest BCUT2D eigenvalue weighted by atomic mass is 10.1. The monoisotopic (exact) mass is 229 g/mol. The molecule has 0 fully saturated rings. The molecule has 1 N–H and O–H groups in total. The maximum absolute atomic E-state index is 4.66. The van der Waals surface area contributed by atoms with Gasteiger partial charge >= 0.3 is 0 Å². The summed E-state index contributed by atoms with van der Waals surface area (Å²) in [5.41, 5.74) is 0. The Bertz CT molecular complexity index is 228. The maximum atomic E-state index is 4.66. The SMILES string of the molecule is CC(CN(C)C)NC1=NC(C)C(C)CS1. The molecule has 1 rings (SSSR count). The first-order valence-corrected chi connectivity index (χ1v) is 6.59. The molecule has 0 aromatic carbocycles. The fraction of sp³-hybridized carbons (Fsp3) is 0.909. The molecular formula is C11H23N3S. The van der Waals surface area contributed by atoms with Crippen LogP contribution in [0.15, 0.2) is 4.99 Å². The molecule has 0 amide bonds. The Kier molecular flexibility index (Phi) is 4.93. The minimum Gasteiger partial charge on any atom is -0.361 e. The van der Waals surface area contributed by atoms with Gasteiger partial charge in [0.2, 0.25) is 0 Å². The second kappa shape index (κ2) is 5.75. The minimum atomic E-state index is 0.459. The maximum Gasteiger partial charge on any atom is 0.157 e. The summed E-state index contributed by atoms with van der Waals surface area (Å²) in [6.07, 6.45) is 0. The third-order valence-corrected chi connectivity index (χ3v) is 3.83. The normalized spacial score (nSPS) is 28.8. The van der Waals surface area contributed by atoms with Gasteiger partial charge in [-0.2, -0.15) is 0 Å². The highest BCUT2D eigenvalue weighted by molar-refractivity contribution is 8.13. The first kappa shape index (κ1) is 12.8. The number of rotatable bonds is 3. The van der Waals surface area contributed by atoms with Crippen molar-refractivity contribution in [1.29, 1.82) is 0 Å². The van der Waals surface area contributed by atoms with Crippen molar-refractivity contribution in [2.75, 3.05) is 26.4 Å². The van der Waals surface area contributed by atoms with E-state index in [2.05, 4.69) is 50.1 Å². The standard InChI is InChI=1S/C11H23N3S/c1-8-7-15-11(13-10(8)3)12-9(2)6-14(4)5/h8-10H,6-7H2,1-5H3,(H,12,13). The first-order chi connectivity index (χ1) is 6.99. The number of aliphatic imine (C=N–C) groups is 1. The van der Waals surface area contributed by atoms with Crippen LogP contribution in [0.4, 0.5) is 0 Å². The molecule has 1 aliphatic rings. The van der Waals surface area contributed by atoms with E-state index in [1.54, 1.807) is 0 Å². The van der Waals surface area contributed by atoms with Crippen molar-refractivity contribution in [3.8, 4) is 0 Å². The second-order valence-corrected chi connectivity index (χ2v) is 5.78. The summed E-state index contributed by atoms with van der Waals surface area (Å²) in [4.78, 5) is 6.85.